The Balaban J connectivity index is 1.95. The maximum atomic E-state index is 12.2. The Hall–Kier alpha value is -1.30. The molecule has 0 aromatic heterocycles. The van der Waals surface area contributed by atoms with Gasteiger partial charge in [0.2, 0.25) is 0 Å². The van der Waals surface area contributed by atoms with Gasteiger partial charge in [-0.15, -0.1) is 0 Å². The van der Waals surface area contributed by atoms with E-state index >= 15 is 0 Å². The smallest absolute Gasteiger partial charge is 0.326 e. The lowest BCUT2D eigenvalue weighted by molar-refractivity contribution is -0.141. The fraction of sp³-hybridized carbons (Fsp3) is 0.857. The Kier molecular flexibility index (Phi) is 5.23. The number of rotatable bonds is 6. The second-order valence-corrected chi connectivity index (χ2v) is 5.81. The SMILES string of the molecule is O=C(O)C(NC(=O)N(CCO)C1CC1)C1CCCCC1. The summed E-state index contributed by atoms with van der Waals surface area (Å²) in [6.45, 7) is 0.179. The lowest BCUT2D eigenvalue weighted by Crippen LogP contribution is -2.52. The van der Waals surface area contributed by atoms with E-state index in [1.54, 1.807) is 4.90 Å². The Morgan fingerprint density at radius 2 is 1.80 bits per heavy atom. The Morgan fingerprint density at radius 3 is 2.30 bits per heavy atom. The molecule has 2 aliphatic rings. The van der Waals surface area contributed by atoms with E-state index in [-0.39, 0.29) is 31.1 Å². The van der Waals surface area contributed by atoms with Gasteiger partial charge in [0.1, 0.15) is 6.04 Å². The molecule has 0 radical (unpaired) electrons. The second kappa shape index (κ2) is 6.92. The summed E-state index contributed by atoms with van der Waals surface area (Å²) in [5, 5.41) is 21.0. The third-order valence-corrected chi connectivity index (χ3v) is 4.26. The van der Waals surface area contributed by atoms with Crippen LogP contribution < -0.4 is 5.32 Å². The van der Waals surface area contributed by atoms with Crippen molar-refractivity contribution in [1.82, 2.24) is 10.2 Å². The predicted molar refractivity (Wildman–Crippen MR) is 73.3 cm³/mol. The Bertz CT molecular complexity index is 351. The van der Waals surface area contributed by atoms with Gasteiger partial charge < -0.3 is 20.4 Å². The number of nitrogens with zero attached hydrogens (tertiary/aromatic N) is 1. The molecule has 1 unspecified atom stereocenters. The van der Waals surface area contributed by atoms with Crippen LogP contribution in [-0.2, 0) is 4.79 Å². The number of carbonyl (C=O) groups excluding carboxylic acids is 1. The molecule has 0 bridgehead atoms. The molecule has 0 spiro atoms. The van der Waals surface area contributed by atoms with E-state index in [4.69, 9.17) is 5.11 Å². The van der Waals surface area contributed by atoms with Crippen LogP contribution in [0.2, 0.25) is 0 Å². The summed E-state index contributed by atoms with van der Waals surface area (Å²) in [4.78, 5) is 25.2. The quantitative estimate of drug-likeness (QED) is 0.683. The highest BCUT2D eigenvalue weighted by Gasteiger charge is 2.36. The van der Waals surface area contributed by atoms with Gasteiger partial charge in [0.05, 0.1) is 6.61 Å². The van der Waals surface area contributed by atoms with Crippen molar-refractivity contribution in [3.05, 3.63) is 0 Å². The van der Waals surface area contributed by atoms with E-state index in [1.807, 2.05) is 0 Å². The van der Waals surface area contributed by atoms with E-state index < -0.39 is 12.0 Å². The first-order valence-electron chi connectivity index (χ1n) is 7.54. The highest BCUT2D eigenvalue weighted by molar-refractivity contribution is 5.83. The molecule has 3 N–H and O–H groups in total. The van der Waals surface area contributed by atoms with Crippen molar-refractivity contribution in [3.8, 4) is 0 Å². The molecule has 6 nitrogen and oxygen atoms in total. The molecule has 0 aliphatic heterocycles. The summed E-state index contributed by atoms with van der Waals surface area (Å²) in [6.07, 6.45) is 6.82. The molecule has 2 saturated carbocycles. The minimum Gasteiger partial charge on any atom is -0.480 e. The van der Waals surface area contributed by atoms with E-state index in [2.05, 4.69) is 5.32 Å². The number of amides is 2. The number of hydrogen-bond acceptors (Lipinski definition) is 3. The van der Waals surface area contributed by atoms with E-state index in [9.17, 15) is 14.7 Å². The lowest BCUT2D eigenvalue weighted by Gasteiger charge is -2.30. The van der Waals surface area contributed by atoms with Gasteiger partial charge in [-0.2, -0.15) is 0 Å². The first-order valence-corrected chi connectivity index (χ1v) is 7.54. The molecule has 0 aromatic carbocycles. The predicted octanol–water partition coefficient (Wildman–Crippen LogP) is 1.19. The first-order chi connectivity index (χ1) is 9.63. The van der Waals surface area contributed by atoms with E-state index in [0.29, 0.717) is 0 Å². The first kappa shape index (κ1) is 15.1. The largest absolute Gasteiger partial charge is 0.480 e. The average Bonchev–Trinajstić information content (AvgIpc) is 3.27. The molecule has 6 heteroatoms. The molecule has 0 saturated heterocycles. The molecule has 2 aliphatic carbocycles. The van der Waals surface area contributed by atoms with Crippen molar-refractivity contribution in [2.24, 2.45) is 5.92 Å². The van der Waals surface area contributed by atoms with Gasteiger partial charge in [0.25, 0.3) is 0 Å². The maximum Gasteiger partial charge on any atom is 0.326 e. The number of urea groups is 1. The van der Waals surface area contributed by atoms with Crippen LogP contribution in [0.4, 0.5) is 4.79 Å². The number of aliphatic hydroxyl groups excluding tert-OH is 1. The van der Waals surface area contributed by atoms with Crippen LogP contribution in [0, 0.1) is 5.92 Å². The minimum atomic E-state index is -0.954. The van der Waals surface area contributed by atoms with Gasteiger partial charge in [-0.05, 0) is 31.6 Å². The Labute approximate surface area is 119 Å². The normalized spacial score (nSPS) is 21.2. The molecule has 20 heavy (non-hydrogen) atoms. The summed E-state index contributed by atoms with van der Waals surface area (Å²) in [5.74, 6) is -0.926. The number of carboxylic acid groups (broad SMARTS) is 1. The molecule has 2 fully saturated rings. The van der Waals surface area contributed by atoms with Crippen LogP contribution in [0.5, 0.6) is 0 Å². The zero-order valence-electron chi connectivity index (χ0n) is 11.8. The van der Waals surface area contributed by atoms with Crippen LogP contribution in [0.25, 0.3) is 0 Å². The topological polar surface area (TPSA) is 89.9 Å². The highest BCUT2D eigenvalue weighted by Crippen LogP contribution is 2.29. The summed E-state index contributed by atoms with van der Waals surface area (Å²) in [7, 11) is 0. The summed E-state index contributed by atoms with van der Waals surface area (Å²) in [6, 6.07) is -0.981. The van der Waals surface area contributed by atoms with Gasteiger partial charge >= 0.3 is 12.0 Å². The fourth-order valence-electron chi connectivity index (χ4n) is 3.01. The van der Waals surface area contributed by atoms with Crippen LogP contribution in [0.3, 0.4) is 0 Å². The van der Waals surface area contributed by atoms with Gasteiger partial charge in [-0.3, -0.25) is 0 Å². The molecule has 2 rings (SSSR count). The molecule has 2 amide bonds. The third kappa shape index (κ3) is 3.85. The molecule has 0 aromatic rings. The Morgan fingerprint density at radius 1 is 1.15 bits per heavy atom. The molecule has 1 atom stereocenters. The van der Waals surface area contributed by atoms with Crippen molar-refractivity contribution < 1.29 is 19.8 Å². The summed E-state index contributed by atoms with van der Waals surface area (Å²) < 4.78 is 0. The second-order valence-electron chi connectivity index (χ2n) is 5.81. The fourth-order valence-corrected chi connectivity index (χ4v) is 3.01. The number of nitrogens with one attached hydrogen (secondary N) is 1. The van der Waals surface area contributed by atoms with Crippen LogP contribution in [0.1, 0.15) is 44.9 Å². The minimum absolute atomic E-state index is 0.0281. The van der Waals surface area contributed by atoms with Crippen molar-refractivity contribution in [2.45, 2.75) is 57.0 Å². The average molecular weight is 284 g/mol. The lowest BCUT2D eigenvalue weighted by atomic mass is 9.84. The monoisotopic (exact) mass is 284 g/mol. The molecule has 114 valence electrons. The maximum absolute atomic E-state index is 12.2. The number of aliphatic hydroxyl groups is 1. The van der Waals surface area contributed by atoms with E-state index in [0.717, 1.165) is 44.9 Å². The number of aliphatic carboxylic acids is 1. The van der Waals surface area contributed by atoms with Gasteiger partial charge in [0, 0.05) is 12.6 Å². The van der Waals surface area contributed by atoms with Crippen LogP contribution >= 0.6 is 0 Å². The zero-order chi connectivity index (χ0) is 14.5. The van der Waals surface area contributed by atoms with Crippen LogP contribution in [-0.4, -0.2) is 52.3 Å². The van der Waals surface area contributed by atoms with E-state index in [1.165, 1.54) is 0 Å². The standard InChI is InChI=1S/C14H24N2O4/c17-9-8-16(11-6-7-11)14(20)15-12(13(18)19)10-4-2-1-3-5-10/h10-12,17H,1-9H2,(H,15,20)(H,18,19). The van der Waals surface area contributed by atoms with Gasteiger partial charge in [-0.25, -0.2) is 9.59 Å². The number of carbonyl (C=O) groups is 2. The zero-order valence-corrected chi connectivity index (χ0v) is 11.8. The summed E-state index contributed by atoms with van der Waals surface area (Å²) >= 11 is 0. The van der Waals surface area contributed by atoms with Gasteiger partial charge in [0.15, 0.2) is 0 Å². The molecular weight excluding hydrogens is 260 g/mol. The summed E-state index contributed by atoms with van der Waals surface area (Å²) in [5.41, 5.74) is 0. The van der Waals surface area contributed by atoms with Crippen molar-refractivity contribution in [2.75, 3.05) is 13.2 Å². The third-order valence-electron chi connectivity index (χ3n) is 4.26. The van der Waals surface area contributed by atoms with Crippen LogP contribution in [0.15, 0.2) is 0 Å². The number of carboxylic acids is 1. The molecular formula is C14H24N2O4. The highest BCUT2D eigenvalue weighted by atomic mass is 16.4. The number of hydrogen-bond donors (Lipinski definition) is 3. The van der Waals surface area contributed by atoms with Crippen molar-refractivity contribution in [1.29, 1.82) is 0 Å². The molecule has 0 heterocycles. The van der Waals surface area contributed by atoms with Gasteiger partial charge in [-0.1, -0.05) is 19.3 Å². The van der Waals surface area contributed by atoms with Crippen molar-refractivity contribution in [3.63, 3.8) is 0 Å². The van der Waals surface area contributed by atoms with Crippen molar-refractivity contribution >= 4 is 12.0 Å².